The molecule has 7 heteroatoms. The fourth-order valence-electron chi connectivity index (χ4n) is 1.82. The molecule has 0 radical (unpaired) electrons. The number of aromatic nitrogens is 1. The summed E-state index contributed by atoms with van der Waals surface area (Å²) in [5.74, 6) is -0.911. The molecule has 0 bridgehead atoms. The molecular formula is C17H12FN3OS2. The number of thiophene rings is 1. The zero-order chi connectivity index (χ0) is 16.8. The minimum Gasteiger partial charge on any atom is -0.267 e. The first-order valence-electron chi connectivity index (χ1n) is 6.98. The van der Waals surface area contributed by atoms with Gasteiger partial charge in [0, 0.05) is 16.6 Å². The van der Waals surface area contributed by atoms with Gasteiger partial charge in [0.05, 0.1) is 10.4 Å². The van der Waals surface area contributed by atoms with Gasteiger partial charge in [-0.3, -0.25) is 4.79 Å². The Hall–Kier alpha value is -2.51. The van der Waals surface area contributed by atoms with Crippen LogP contribution in [0.1, 0.15) is 15.2 Å². The van der Waals surface area contributed by atoms with E-state index in [0.717, 1.165) is 20.2 Å². The van der Waals surface area contributed by atoms with Crippen LogP contribution in [0.4, 0.5) is 4.39 Å². The van der Waals surface area contributed by atoms with E-state index in [0.29, 0.717) is 0 Å². The van der Waals surface area contributed by atoms with Crippen molar-refractivity contribution in [3.8, 4) is 0 Å². The predicted molar refractivity (Wildman–Crippen MR) is 94.1 cm³/mol. The second kappa shape index (κ2) is 7.85. The summed E-state index contributed by atoms with van der Waals surface area (Å²) in [6, 6.07) is 15.1. The van der Waals surface area contributed by atoms with Crippen LogP contribution in [-0.4, -0.2) is 17.1 Å². The van der Waals surface area contributed by atoms with Gasteiger partial charge in [-0.1, -0.05) is 23.9 Å². The first-order chi connectivity index (χ1) is 11.7. The maximum atomic E-state index is 13.1. The standard InChI is InChI=1S/C17H12FN3OS2/c18-13-5-3-4-12(10-13)17(22)21-20-11-14-7-8-16(23-14)24-15-6-1-2-9-19-15/h1-11H,(H,21,22). The number of hydrogen-bond donors (Lipinski definition) is 1. The molecule has 1 N–H and O–H groups in total. The van der Waals surface area contributed by atoms with Crippen molar-refractivity contribution < 1.29 is 9.18 Å². The van der Waals surface area contributed by atoms with Gasteiger partial charge in [0.2, 0.25) is 0 Å². The summed E-state index contributed by atoms with van der Waals surface area (Å²) in [7, 11) is 0. The fraction of sp³-hybridized carbons (Fsp3) is 0. The second-order valence-corrected chi connectivity index (χ2v) is 7.07. The van der Waals surface area contributed by atoms with Crippen molar-refractivity contribution in [1.82, 2.24) is 10.4 Å². The number of carbonyl (C=O) groups excluding carboxylic acids is 1. The molecule has 3 aromatic rings. The molecule has 1 amide bonds. The van der Waals surface area contributed by atoms with Gasteiger partial charge in [0.25, 0.3) is 5.91 Å². The van der Waals surface area contributed by atoms with Gasteiger partial charge in [0.15, 0.2) is 0 Å². The summed E-state index contributed by atoms with van der Waals surface area (Å²) in [5.41, 5.74) is 2.61. The number of nitrogens with one attached hydrogen (secondary N) is 1. The third-order valence-electron chi connectivity index (χ3n) is 2.89. The molecule has 0 spiro atoms. The molecule has 3 rings (SSSR count). The van der Waals surface area contributed by atoms with Crippen molar-refractivity contribution in [2.75, 3.05) is 0 Å². The first-order valence-corrected chi connectivity index (χ1v) is 8.62. The van der Waals surface area contributed by atoms with Gasteiger partial charge in [0.1, 0.15) is 10.8 Å². The number of pyridine rings is 1. The van der Waals surface area contributed by atoms with E-state index in [1.807, 2.05) is 30.3 Å². The number of hydrogen-bond acceptors (Lipinski definition) is 5. The minimum absolute atomic E-state index is 0.227. The summed E-state index contributed by atoms with van der Waals surface area (Å²) in [4.78, 5) is 17.0. The van der Waals surface area contributed by atoms with Crippen LogP contribution in [0, 0.1) is 5.82 Å². The summed E-state index contributed by atoms with van der Waals surface area (Å²) in [6.07, 6.45) is 3.31. The van der Waals surface area contributed by atoms with Crippen LogP contribution in [-0.2, 0) is 0 Å². The van der Waals surface area contributed by atoms with Crippen molar-refractivity contribution in [2.24, 2.45) is 5.10 Å². The van der Waals surface area contributed by atoms with Gasteiger partial charge in [-0.25, -0.2) is 14.8 Å². The smallest absolute Gasteiger partial charge is 0.267 e. The molecule has 0 aliphatic rings. The van der Waals surface area contributed by atoms with Gasteiger partial charge >= 0.3 is 0 Å². The molecule has 0 atom stereocenters. The Morgan fingerprint density at radius 2 is 2.12 bits per heavy atom. The van der Waals surface area contributed by atoms with Crippen LogP contribution >= 0.6 is 23.1 Å². The Morgan fingerprint density at radius 3 is 2.92 bits per heavy atom. The maximum absolute atomic E-state index is 13.1. The number of amides is 1. The van der Waals surface area contributed by atoms with E-state index in [1.165, 1.54) is 29.5 Å². The average Bonchev–Trinajstić information content (AvgIpc) is 3.03. The lowest BCUT2D eigenvalue weighted by molar-refractivity contribution is 0.0954. The fourth-order valence-corrected chi connectivity index (χ4v) is 3.74. The van der Waals surface area contributed by atoms with E-state index in [2.05, 4.69) is 15.5 Å². The van der Waals surface area contributed by atoms with Crippen molar-refractivity contribution >= 4 is 35.2 Å². The largest absolute Gasteiger partial charge is 0.271 e. The van der Waals surface area contributed by atoms with Gasteiger partial charge < -0.3 is 0 Å². The highest BCUT2D eigenvalue weighted by molar-refractivity contribution is 8.01. The summed E-state index contributed by atoms with van der Waals surface area (Å²) in [6.45, 7) is 0. The molecule has 0 unspecified atom stereocenters. The van der Waals surface area contributed by atoms with Crippen molar-refractivity contribution in [3.63, 3.8) is 0 Å². The SMILES string of the molecule is O=C(NN=Cc1ccc(Sc2ccccn2)s1)c1cccc(F)c1. The lowest BCUT2D eigenvalue weighted by Crippen LogP contribution is -2.17. The Morgan fingerprint density at radius 1 is 1.21 bits per heavy atom. The van der Waals surface area contributed by atoms with Crippen LogP contribution in [0.25, 0.3) is 0 Å². The van der Waals surface area contributed by atoms with Crippen LogP contribution in [0.15, 0.2) is 75.1 Å². The highest BCUT2D eigenvalue weighted by Crippen LogP contribution is 2.31. The lowest BCUT2D eigenvalue weighted by Gasteiger charge is -1.99. The lowest BCUT2D eigenvalue weighted by atomic mass is 10.2. The molecule has 120 valence electrons. The van der Waals surface area contributed by atoms with Crippen LogP contribution < -0.4 is 5.43 Å². The molecule has 0 aliphatic carbocycles. The number of hydrazone groups is 1. The summed E-state index contributed by atoms with van der Waals surface area (Å²) >= 11 is 3.10. The van der Waals surface area contributed by atoms with Gasteiger partial charge in [-0.05, 0) is 42.5 Å². The monoisotopic (exact) mass is 357 g/mol. The quantitative estimate of drug-likeness (QED) is 0.550. The zero-order valence-electron chi connectivity index (χ0n) is 12.3. The number of rotatable bonds is 5. The van der Waals surface area contributed by atoms with E-state index in [9.17, 15) is 9.18 Å². The highest BCUT2D eigenvalue weighted by Gasteiger charge is 2.05. The number of benzene rings is 1. The predicted octanol–water partition coefficient (Wildman–Crippen LogP) is 4.20. The summed E-state index contributed by atoms with van der Waals surface area (Å²) in [5, 5.41) is 4.83. The van der Waals surface area contributed by atoms with E-state index in [4.69, 9.17) is 0 Å². The summed E-state index contributed by atoms with van der Waals surface area (Å²) < 4.78 is 14.1. The Bertz CT molecular complexity index is 865. The number of carbonyl (C=O) groups is 1. The molecule has 0 aliphatic heterocycles. The maximum Gasteiger partial charge on any atom is 0.271 e. The molecule has 0 fully saturated rings. The Labute approximate surface area is 146 Å². The third-order valence-corrected chi connectivity index (χ3v) is 4.99. The Kier molecular flexibility index (Phi) is 5.35. The van der Waals surface area contributed by atoms with Crippen molar-refractivity contribution in [3.05, 3.63) is 77.1 Å². The molecule has 2 heterocycles. The van der Waals surface area contributed by atoms with Crippen molar-refractivity contribution in [1.29, 1.82) is 0 Å². The van der Waals surface area contributed by atoms with E-state index in [-0.39, 0.29) is 5.56 Å². The minimum atomic E-state index is -0.457. The molecule has 4 nitrogen and oxygen atoms in total. The van der Waals surface area contributed by atoms with Crippen LogP contribution in [0.5, 0.6) is 0 Å². The van der Waals surface area contributed by atoms with Gasteiger partial charge in [-0.2, -0.15) is 5.10 Å². The number of halogens is 1. The first kappa shape index (κ1) is 16.4. The molecule has 2 aromatic heterocycles. The highest BCUT2D eigenvalue weighted by atomic mass is 32.2. The molecule has 0 saturated heterocycles. The van der Waals surface area contributed by atoms with Crippen LogP contribution in [0.3, 0.4) is 0 Å². The molecule has 0 saturated carbocycles. The van der Waals surface area contributed by atoms with E-state index < -0.39 is 11.7 Å². The molecule has 24 heavy (non-hydrogen) atoms. The Balaban J connectivity index is 1.58. The molecular weight excluding hydrogens is 345 g/mol. The van der Waals surface area contributed by atoms with Crippen molar-refractivity contribution in [2.45, 2.75) is 9.24 Å². The van der Waals surface area contributed by atoms with Gasteiger partial charge in [-0.15, -0.1) is 11.3 Å². The average molecular weight is 357 g/mol. The normalized spacial score (nSPS) is 10.9. The van der Waals surface area contributed by atoms with E-state index >= 15 is 0 Å². The molecule has 1 aromatic carbocycles. The van der Waals surface area contributed by atoms with E-state index in [1.54, 1.807) is 24.2 Å². The topological polar surface area (TPSA) is 54.4 Å². The zero-order valence-corrected chi connectivity index (χ0v) is 14.0. The number of nitrogens with zero attached hydrogens (tertiary/aromatic N) is 2. The van der Waals surface area contributed by atoms with Crippen LogP contribution in [0.2, 0.25) is 0 Å². The second-order valence-electron chi connectivity index (χ2n) is 4.64. The third kappa shape index (κ3) is 4.50.